The number of aryl methyl sites for hydroxylation is 1. The van der Waals surface area contributed by atoms with Crippen LogP contribution in [0, 0.1) is 0 Å². The summed E-state index contributed by atoms with van der Waals surface area (Å²) in [6.07, 6.45) is 3.78. The average Bonchev–Trinajstić information content (AvgIpc) is 2.86. The molecular formula is C12H19N3O3. The van der Waals surface area contributed by atoms with E-state index in [1.807, 2.05) is 35.8 Å². The third-order valence-corrected chi connectivity index (χ3v) is 3.41. The molecule has 1 aromatic heterocycles. The van der Waals surface area contributed by atoms with E-state index in [4.69, 9.17) is 4.74 Å². The second-order valence-corrected chi connectivity index (χ2v) is 4.47. The van der Waals surface area contributed by atoms with Crippen LogP contribution in [0.1, 0.15) is 25.5 Å². The molecule has 100 valence electrons. The molecule has 0 aliphatic carbocycles. The molecule has 0 saturated carbocycles. The fourth-order valence-corrected chi connectivity index (χ4v) is 2.25. The Morgan fingerprint density at radius 1 is 1.72 bits per heavy atom. The standard InChI is InChI=1S/C12H19N3O3/c1-3-14-7-10(6-13-14)9(2)15-4-5-18-8-11(15)12(16)17/h6-7,9,11H,3-5,8H2,1-2H3,(H,16,17). The van der Waals surface area contributed by atoms with Gasteiger partial charge in [0.05, 0.1) is 19.4 Å². The first kappa shape index (κ1) is 13.0. The first-order valence-corrected chi connectivity index (χ1v) is 6.22. The summed E-state index contributed by atoms with van der Waals surface area (Å²) in [4.78, 5) is 13.2. The lowest BCUT2D eigenvalue weighted by molar-refractivity contribution is -0.151. The molecule has 0 amide bonds. The molecule has 0 radical (unpaired) electrons. The summed E-state index contributed by atoms with van der Waals surface area (Å²) in [5, 5.41) is 13.4. The third-order valence-electron chi connectivity index (χ3n) is 3.41. The molecule has 0 aromatic carbocycles. The highest BCUT2D eigenvalue weighted by molar-refractivity contribution is 5.73. The van der Waals surface area contributed by atoms with Crippen LogP contribution in [0.3, 0.4) is 0 Å². The minimum absolute atomic E-state index is 0.0373. The number of aliphatic carboxylic acids is 1. The van der Waals surface area contributed by atoms with Gasteiger partial charge in [0.2, 0.25) is 0 Å². The number of hydrogen-bond acceptors (Lipinski definition) is 4. The lowest BCUT2D eigenvalue weighted by Gasteiger charge is -2.36. The largest absolute Gasteiger partial charge is 0.480 e. The smallest absolute Gasteiger partial charge is 0.323 e. The third kappa shape index (κ3) is 2.54. The average molecular weight is 253 g/mol. The second kappa shape index (κ2) is 5.49. The molecule has 6 nitrogen and oxygen atoms in total. The number of morpholine rings is 1. The van der Waals surface area contributed by atoms with E-state index in [9.17, 15) is 9.90 Å². The number of carboxylic acids is 1. The van der Waals surface area contributed by atoms with E-state index in [0.717, 1.165) is 12.1 Å². The van der Waals surface area contributed by atoms with E-state index < -0.39 is 12.0 Å². The predicted octanol–water partition coefficient (Wildman–Crippen LogP) is 0.749. The SMILES string of the molecule is CCn1cc(C(C)N2CCOCC2C(=O)O)cn1. The van der Waals surface area contributed by atoms with Crippen LogP contribution < -0.4 is 0 Å². The van der Waals surface area contributed by atoms with Crippen molar-refractivity contribution in [2.75, 3.05) is 19.8 Å². The van der Waals surface area contributed by atoms with E-state index in [-0.39, 0.29) is 12.6 Å². The van der Waals surface area contributed by atoms with Crippen molar-refractivity contribution in [3.8, 4) is 0 Å². The maximum Gasteiger partial charge on any atom is 0.323 e. The van der Waals surface area contributed by atoms with Gasteiger partial charge in [0, 0.05) is 30.9 Å². The Balaban J connectivity index is 2.14. The topological polar surface area (TPSA) is 67.6 Å². The number of hydrogen-bond donors (Lipinski definition) is 1. The molecule has 0 bridgehead atoms. The number of aromatic nitrogens is 2. The summed E-state index contributed by atoms with van der Waals surface area (Å²) < 4.78 is 7.09. The second-order valence-electron chi connectivity index (χ2n) is 4.47. The Labute approximate surface area is 106 Å². The van der Waals surface area contributed by atoms with E-state index in [0.29, 0.717) is 13.2 Å². The molecule has 1 saturated heterocycles. The summed E-state index contributed by atoms with van der Waals surface area (Å²) in [7, 11) is 0. The lowest BCUT2D eigenvalue weighted by Crippen LogP contribution is -2.50. The zero-order valence-electron chi connectivity index (χ0n) is 10.7. The lowest BCUT2D eigenvalue weighted by atomic mass is 10.1. The number of carboxylic acid groups (broad SMARTS) is 1. The Kier molecular flexibility index (Phi) is 3.98. The molecule has 2 rings (SSSR count). The van der Waals surface area contributed by atoms with Crippen molar-refractivity contribution in [1.82, 2.24) is 14.7 Å². The number of ether oxygens (including phenoxy) is 1. The van der Waals surface area contributed by atoms with Gasteiger partial charge >= 0.3 is 5.97 Å². The summed E-state index contributed by atoms with van der Waals surface area (Å²) >= 11 is 0. The van der Waals surface area contributed by atoms with Crippen molar-refractivity contribution in [3.63, 3.8) is 0 Å². The molecule has 1 N–H and O–H groups in total. The Bertz CT molecular complexity index is 418. The summed E-state index contributed by atoms with van der Waals surface area (Å²) in [6, 6.07) is -0.533. The van der Waals surface area contributed by atoms with Gasteiger partial charge in [0.15, 0.2) is 0 Å². The van der Waals surface area contributed by atoms with E-state index in [1.165, 1.54) is 0 Å². The minimum atomic E-state index is -0.829. The monoisotopic (exact) mass is 253 g/mol. The van der Waals surface area contributed by atoms with Crippen LogP contribution >= 0.6 is 0 Å². The fraction of sp³-hybridized carbons (Fsp3) is 0.667. The maximum atomic E-state index is 11.2. The molecular weight excluding hydrogens is 234 g/mol. The van der Waals surface area contributed by atoms with Crippen molar-refractivity contribution < 1.29 is 14.6 Å². The van der Waals surface area contributed by atoms with Crippen LogP contribution in [0.4, 0.5) is 0 Å². The van der Waals surface area contributed by atoms with Gasteiger partial charge in [0.25, 0.3) is 0 Å². The number of carbonyl (C=O) groups is 1. The molecule has 0 spiro atoms. The molecule has 2 atom stereocenters. The van der Waals surface area contributed by atoms with Gasteiger partial charge in [-0.1, -0.05) is 0 Å². The van der Waals surface area contributed by atoms with Crippen molar-refractivity contribution in [2.24, 2.45) is 0 Å². The highest BCUT2D eigenvalue weighted by Crippen LogP contribution is 2.24. The Morgan fingerprint density at radius 3 is 3.11 bits per heavy atom. The maximum absolute atomic E-state index is 11.2. The summed E-state index contributed by atoms with van der Waals surface area (Å²) in [5.41, 5.74) is 1.05. The van der Waals surface area contributed by atoms with Crippen molar-refractivity contribution in [1.29, 1.82) is 0 Å². The normalized spacial score (nSPS) is 22.9. The van der Waals surface area contributed by atoms with Gasteiger partial charge in [0.1, 0.15) is 6.04 Å². The van der Waals surface area contributed by atoms with Gasteiger partial charge in [-0.05, 0) is 13.8 Å². The van der Waals surface area contributed by atoms with Crippen LogP contribution in [-0.2, 0) is 16.1 Å². The fourth-order valence-electron chi connectivity index (χ4n) is 2.25. The molecule has 1 aromatic rings. The van der Waals surface area contributed by atoms with Crippen molar-refractivity contribution >= 4 is 5.97 Å². The van der Waals surface area contributed by atoms with Crippen LogP contribution in [0.5, 0.6) is 0 Å². The van der Waals surface area contributed by atoms with E-state index >= 15 is 0 Å². The molecule has 18 heavy (non-hydrogen) atoms. The van der Waals surface area contributed by atoms with Gasteiger partial charge in [-0.25, -0.2) is 0 Å². The van der Waals surface area contributed by atoms with Crippen LogP contribution in [0.2, 0.25) is 0 Å². The van der Waals surface area contributed by atoms with Crippen LogP contribution in [-0.4, -0.2) is 51.6 Å². The number of rotatable bonds is 4. The summed E-state index contributed by atoms with van der Waals surface area (Å²) in [5.74, 6) is -0.829. The molecule has 2 heterocycles. The van der Waals surface area contributed by atoms with Gasteiger partial charge in [-0.15, -0.1) is 0 Å². The molecule has 1 aliphatic rings. The molecule has 2 unspecified atom stereocenters. The minimum Gasteiger partial charge on any atom is -0.480 e. The molecule has 1 fully saturated rings. The Morgan fingerprint density at radius 2 is 2.50 bits per heavy atom. The quantitative estimate of drug-likeness (QED) is 0.857. The van der Waals surface area contributed by atoms with Crippen LogP contribution in [0.25, 0.3) is 0 Å². The molecule has 6 heteroatoms. The van der Waals surface area contributed by atoms with Crippen molar-refractivity contribution in [2.45, 2.75) is 32.5 Å². The first-order valence-electron chi connectivity index (χ1n) is 6.22. The van der Waals surface area contributed by atoms with E-state index in [2.05, 4.69) is 5.10 Å². The van der Waals surface area contributed by atoms with Crippen molar-refractivity contribution in [3.05, 3.63) is 18.0 Å². The van der Waals surface area contributed by atoms with E-state index in [1.54, 1.807) is 0 Å². The van der Waals surface area contributed by atoms with Crippen LogP contribution in [0.15, 0.2) is 12.4 Å². The van der Waals surface area contributed by atoms with Gasteiger partial charge in [-0.3, -0.25) is 14.4 Å². The highest BCUT2D eigenvalue weighted by Gasteiger charge is 2.33. The van der Waals surface area contributed by atoms with Gasteiger partial charge < -0.3 is 9.84 Å². The highest BCUT2D eigenvalue weighted by atomic mass is 16.5. The van der Waals surface area contributed by atoms with Gasteiger partial charge in [-0.2, -0.15) is 5.10 Å². The zero-order chi connectivity index (χ0) is 13.1. The number of nitrogens with zero attached hydrogens (tertiary/aromatic N) is 3. The molecule has 1 aliphatic heterocycles. The predicted molar refractivity (Wildman–Crippen MR) is 65.3 cm³/mol. The zero-order valence-corrected chi connectivity index (χ0v) is 10.7. The summed E-state index contributed by atoms with van der Waals surface area (Å²) in [6.45, 7) is 6.32. The Hall–Kier alpha value is -1.40. The first-order chi connectivity index (χ1) is 8.63.